The van der Waals surface area contributed by atoms with Crippen LogP contribution in [0.2, 0.25) is 0 Å². The third-order valence-electron chi connectivity index (χ3n) is 5.24. The van der Waals surface area contributed by atoms with Crippen LogP contribution in [0, 0.1) is 0 Å². The standard InChI is InChI=1S/C23H37N5O4/c1-23(2,3)32-22(29)28-16-19(17-28)26-21(24-4)25-15-18-6-5-7-20(14-18)31-13-10-27-8-11-30-12-9-27/h5-7,14,19H,8-13,15-17H2,1-4H3,(H2,24,25,26). The molecule has 0 aliphatic carbocycles. The summed E-state index contributed by atoms with van der Waals surface area (Å²) in [5, 5.41) is 6.68. The lowest BCUT2D eigenvalue weighted by Crippen LogP contribution is -2.63. The highest BCUT2D eigenvalue weighted by Crippen LogP contribution is 2.16. The minimum absolute atomic E-state index is 0.156. The summed E-state index contributed by atoms with van der Waals surface area (Å²) in [5.74, 6) is 1.57. The quantitative estimate of drug-likeness (QED) is 0.486. The minimum Gasteiger partial charge on any atom is -0.492 e. The summed E-state index contributed by atoms with van der Waals surface area (Å²) in [7, 11) is 1.74. The van der Waals surface area contributed by atoms with E-state index in [4.69, 9.17) is 14.2 Å². The average Bonchev–Trinajstić information content (AvgIpc) is 2.72. The Balaban J connectivity index is 1.37. The Kier molecular flexibility index (Phi) is 8.58. The van der Waals surface area contributed by atoms with E-state index in [-0.39, 0.29) is 12.1 Å². The van der Waals surface area contributed by atoms with Crippen LogP contribution < -0.4 is 15.4 Å². The van der Waals surface area contributed by atoms with Gasteiger partial charge < -0.3 is 29.7 Å². The molecule has 1 aromatic rings. The van der Waals surface area contributed by atoms with Crippen molar-refractivity contribution in [3.63, 3.8) is 0 Å². The number of hydrogen-bond donors (Lipinski definition) is 2. The normalized spacial score (nSPS) is 18.1. The second-order valence-electron chi connectivity index (χ2n) is 9.10. The topological polar surface area (TPSA) is 87.7 Å². The van der Waals surface area contributed by atoms with Crippen LogP contribution in [-0.2, 0) is 16.0 Å². The third-order valence-corrected chi connectivity index (χ3v) is 5.24. The number of amides is 1. The van der Waals surface area contributed by atoms with Crippen LogP contribution >= 0.6 is 0 Å². The predicted molar refractivity (Wildman–Crippen MR) is 124 cm³/mol. The number of morpholine rings is 1. The van der Waals surface area contributed by atoms with Gasteiger partial charge in [-0.1, -0.05) is 12.1 Å². The molecular formula is C23H37N5O4. The van der Waals surface area contributed by atoms with Gasteiger partial charge in [-0.15, -0.1) is 0 Å². The number of guanidine groups is 1. The van der Waals surface area contributed by atoms with Crippen LogP contribution in [0.25, 0.3) is 0 Å². The molecule has 0 bridgehead atoms. The lowest BCUT2D eigenvalue weighted by atomic mass is 10.1. The minimum atomic E-state index is -0.478. The Morgan fingerprint density at radius 3 is 2.69 bits per heavy atom. The van der Waals surface area contributed by atoms with Crippen molar-refractivity contribution >= 4 is 12.1 Å². The van der Waals surface area contributed by atoms with Gasteiger partial charge in [-0.25, -0.2) is 4.79 Å². The number of benzene rings is 1. The Bertz CT molecular complexity index is 768. The van der Waals surface area contributed by atoms with Crippen LogP contribution in [0.5, 0.6) is 5.75 Å². The molecule has 0 saturated carbocycles. The number of carbonyl (C=O) groups excluding carboxylic acids is 1. The molecule has 2 saturated heterocycles. The Morgan fingerprint density at radius 2 is 2.00 bits per heavy atom. The smallest absolute Gasteiger partial charge is 0.410 e. The molecule has 1 aromatic carbocycles. The molecular weight excluding hydrogens is 410 g/mol. The fraction of sp³-hybridized carbons (Fsp3) is 0.652. The van der Waals surface area contributed by atoms with E-state index in [1.54, 1.807) is 11.9 Å². The van der Waals surface area contributed by atoms with Crippen molar-refractivity contribution in [2.75, 3.05) is 59.6 Å². The van der Waals surface area contributed by atoms with E-state index >= 15 is 0 Å². The zero-order valence-corrected chi connectivity index (χ0v) is 19.7. The average molecular weight is 448 g/mol. The van der Waals surface area contributed by atoms with Crippen LogP contribution in [0.3, 0.4) is 0 Å². The molecule has 2 N–H and O–H groups in total. The summed E-state index contributed by atoms with van der Waals surface area (Å²) >= 11 is 0. The lowest BCUT2D eigenvalue weighted by Gasteiger charge is -2.40. The van der Waals surface area contributed by atoms with E-state index in [2.05, 4.69) is 26.6 Å². The van der Waals surface area contributed by atoms with E-state index in [0.717, 1.165) is 44.2 Å². The number of hydrogen-bond acceptors (Lipinski definition) is 6. The van der Waals surface area contributed by atoms with Crippen molar-refractivity contribution in [1.82, 2.24) is 20.4 Å². The fourth-order valence-corrected chi connectivity index (χ4v) is 3.48. The molecule has 0 unspecified atom stereocenters. The number of ether oxygens (including phenoxy) is 3. The van der Waals surface area contributed by atoms with Gasteiger partial charge >= 0.3 is 6.09 Å². The van der Waals surface area contributed by atoms with E-state index in [9.17, 15) is 4.79 Å². The summed E-state index contributed by atoms with van der Waals surface area (Å²) in [6.45, 7) is 12.6. The van der Waals surface area contributed by atoms with Crippen molar-refractivity contribution < 1.29 is 19.0 Å². The summed E-state index contributed by atoms with van der Waals surface area (Å²) in [6.07, 6.45) is -0.274. The molecule has 2 heterocycles. The zero-order valence-electron chi connectivity index (χ0n) is 19.7. The van der Waals surface area contributed by atoms with Crippen LogP contribution in [0.4, 0.5) is 4.79 Å². The van der Waals surface area contributed by atoms with Crippen molar-refractivity contribution in [3.05, 3.63) is 29.8 Å². The molecule has 0 radical (unpaired) electrons. The van der Waals surface area contributed by atoms with Gasteiger partial charge in [0.05, 0.1) is 19.3 Å². The summed E-state index contributed by atoms with van der Waals surface area (Å²) in [4.78, 5) is 20.4. The van der Waals surface area contributed by atoms with Gasteiger partial charge in [-0.3, -0.25) is 9.89 Å². The van der Waals surface area contributed by atoms with Crippen molar-refractivity contribution in [3.8, 4) is 5.75 Å². The van der Waals surface area contributed by atoms with Gasteiger partial charge in [-0.2, -0.15) is 0 Å². The molecule has 178 valence electrons. The highest BCUT2D eigenvalue weighted by atomic mass is 16.6. The monoisotopic (exact) mass is 447 g/mol. The second kappa shape index (κ2) is 11.4. The summed E-state index contributed by atoms with van der Waals surface area (Å²) < 4.78 is 16.7. The highest BCUT2D eigenvalue weighted by Gasteiger charge is 2.34. The van der Waals surface area contributed by atoms with Gasteiger partial charge in [0.15, 0.2) is 5.96 Å². The van der Waals surface area contributed by atoms with Gasteiger partial charge in [-0.05, 0) is 38.5 Å². The molecule has 1 amide bonds. The van der Waals surface area contributed by atoms with E-state index in [1.165, 1.54) is 0 Å². The molecule has 2 aliphatic heterocycles. The largest absolute Gasteiger partial charge is 0.492 e. The summed E-state index contributed by atoms with van der Waals surface area (Å²) in [6, 6.07) is 8.25. The van der Waals surface area contributed by atoms with Gasteiger partial charge in [0.25, 0.3) is 0 Å². The van der Waals surface area contributed by atoms with Crippen molar-refractivity contribution in [2.24, 2.45) is 4.99 Å². The van der Waals surface area contributed by atoms with Gasteiger partial charge in [0.2, 0.25) is 0 Å². The number of aliphatic imine (C=N–C) groups is 1. The van der Waals surface area contributed by atoms with Crippen LogP contribution in [-0.4, -0.2) is 93.1 Å². The molecule has 3 rings (SSSR count). The molecule has 2 aliphatic rings. The Labute approximate surface area is 191 Å². The van der Waals surface area contributed by atoms with Crippen LogP contribution in [0.1, 0.15) is 26.3 Å². The molecule has 0 atom stereocenters. The first-order valence-corrected chi connectivity index (χ1v) is 11.3. The van der Waals surface area contributed by atoms with Crippen molar-refractivity contribution in [1.29, 1.82) is 0 Å². The zero-order chi connectivity index (χ0) is 23.0. The fourth-order valence-electron chi connectivity index (χ4n) is 3.48. The first kappa shape index (κ1) is 24.1. The first-order chi connectivity index (χ1) is 15.3. The predicted octanol–water partition coefficient (Wildman–Crippen LogP) is 1.68. The van der Waals surface area contributed by atoms with E-state index in [0.29, 0.717) is 32.2 Å². The Hall–Kier alpha value is -2.52. The molecule has 2 fully saturated rings. The van der Waals surface area contributed by atoms with E-state index in [1.807, 2.05) is 39.0 Å². The number of nitrogens with one attached hydrogen (secondary N) is 2. The number of carbonyl (C=O) groups is 1. The maximum absolute atomic E-state index is 12.1. The second-order valence-corrected chi connectivity index (χ2v) is 9.10. The number of nitrogens with zero attached hydrogens (tertiary/aromatic N) is 3. The highest BCUT2D eigenvalue weighted by molar-refractivity contribution is 5.80. The number of likely N-dealkylation sites (tertiary alicyclic amines) is 1. The van der Waals surface area contributed by atoms with Gasteiger partial charge in [0.1, 0.15) is 18.0 Å². The number of rotatable bonds is 7. The molecule has 9 nitrogen and oxygen atoms in total. The van der Waals surface area contributed by atoms with Gasteiger partial charge in [0, 0.05) is 46.3 Å². The Morgan fingerprint density at radius 1 is 1.25 bits per heavy atom. The molecule has 0 spiro atoms. The van der Waals surface area contributed by atoms with E-state index < -0.39 is 5.60 Å². The van der Waals surface area contributed by atoms with Crippen LogP contribution in [0.15, 0.2) is 29.3 Å². The molecule has 9 heteroatoms. The molecule has 32 heavy (non-hydrogen) atoms. The SMILES string of the molecule is CN=C(NCc1cccc(OCCN2CCOCC2)c1)NC1CN(C(=O)OC(C)(C)C)C1. The third kappa shape index (κ3) is 7.87. The maximum atomic E-state index is 12.1. The van der Waals surface area contributed by atoms with Crippen molar-refractivity contribution in [2.45, 2.75) is 39.0 Å². The summed E-state index contributed by atoms with van der Waals surface area (Å²) in [5.41, 5.74) is 0.634. The molecule has 0 aromatic heterocycles. The first-order valence-electron chi connectivity index (χ1n) is 11.3. The lowest BCUT2D eigenvalue weighted by molar-refractivity contribution is 0.00700. The maximum Gasteiger partial charge on any atom is 0.410 e.